The number of nitriles is 1. The second-order valence-electron chi connectivity index (χ2n) is 4.29. The zero-order valence-corrected chi connectivity index (χ0v) is 10.6. The van der Waals surface area contributed by atoms with E-state index in [0.717, 1.165) is 35.0 Å². The maximum atomic E-state index is 9.13. The van der Waals surface area contributed by atoms with E-state index in [0.29, 0.717) is 0 Å². The zero-order valence-electron chi connectivity index (χ0n) is 10.6. The van der Waals surface area contributed by atoms with Crippen LogP contribution in [0.25, 0.3) is 10.8 Å². The van der Waals surface area contributed by atoms with Gasteiger partial charge in [0.05, 0.1) is 11.6 Å². The molecule has 2 aromatic carbocycles. The van der Waals surface area contributed by atoms with Gasteiger partial charge in [-0.05, 0) is 18.6 Å². The number of hydrogen-bond acceptors (Lipinski definition) is 2. The van der Waals surface area contributed by atoms with Gasteiger partial charge in [-0.25, -0.2) is 0 Å². The third kappa shape index (κ3) is 2.21. The van der Waals surface area contributed by atoms with Crippen LogP contribution in [0.4, 0.5) is 5.69 Å². The molecule has 0 unspecified atom stereocenters. The maximum Gasteiger partial charge on any atom is 0.0998 e. The molecule has 0 saturated heterocycles. The Labute approximate surface area is 108 Å². The van der Waals surface area contributed by atoms with Gasteiger partial charge in [-0.2, -0.15) is 5.26 Å². The Bertz CT molecular complexity index is 608. The summed E-state index contributed by atoms with van der Waals surface area (Å²) in [5, 5.41) is 11.3. The average molecular weight is 236 g/mol. The van der Waals surface area contributed by atoms with Gasteiger partial charge in [0, 0.05) is 30.1 Å². The van der Waals surface area contributed by atoms with Crippen LogP contribution in [-0.4, -0.2) is 13.6 Å². The second-order valence-corrected chi connectivity index (χ2v) is 4.29. The van der Waals surface area contributed by atoms with Crippen molar-refractivity contribution in [3.8, 4) is 6.07 Å². The molecule has 2 nitrogen and oxygen atoms in total. The predicted molar refractivity (Wildman–Crippen MR) is 76.7 cm³/mol. The molecule has 0 N–H and O–H groups in total. The lowest BCUT2D eigenvalue weighted by atomic mass is 10.0. The number of anilines is 1. The summed E-state index contributed by atoms with van der Waals surface area (Å²) in [5.41, 5.74) is 1.89. The minimum Gasteiger partial charge on any atom is -0.374 e. The molecule has 0 saturated carbocycles. The van der Waals surface area contributed by atoms with Gasteiger partial charge in [0.1, 0.15) is 0 Å². The molecule has 0 atom stereocenters. The third-order valence-electron chi connectivity index (χ3n) is 3.10. The Morgan fingerprint density at radius 2 is 1.94 bits per heavy atom. The van der Waals surface area contributed by atoms with Crippen LogP contribution in [0.3, 0.4) is 0 Å². The third-order valence-corrected chi connectivity index (χ3v) is 3.10. The molecule has 18 heavy (non-hydrogen) atoms. The maximum absolute atomic E-state index is 9.13. The molecular weight excluding hydrogens is 220 g/mol. The fourth-order valence-corrected chi connectivity index (χ4v) is 2.12. The Kier molecular flexibility index (Phi) is 3.64. The van der Waals surface area contributed by atoms with Gasteiger partial charge in [0.25, 0.3) is 0 Å². The number of hydrogen-bond donors (Lipinski definition) is 0. The Balaban J connectivity index is 2.53. The van der Waals surface area contributed by atoms with Crippen LogP contribution < -0.4 is 4.90 Å². The first-order chi connectivity index (χ1) is 8.77. The van der Waals surface area contributed by atoms with Gasteiger partial charge in [0.15, 0.2) is 0 Å². The molecule has 90 valence electrons. The van der Waals surface area contributed by atoms with Crippen molar-refractivity contribution in [2.75, 3.05) is 18.5 Å². The zero-order chi connectivity index (χ0) is 13.0. The van der Waals surface area contributed by atoms with Crippen molar-refractivity contribution in [3.05, 3.63) is 54.6 Å². The number of rotatable bonds is 4. The van der Waals surface area contributed by atoms with E-state index in [2.05, 4.69) is 30.7 Å². The quantitative estimate of drug-likeness (QED) is 0.756. The van der Waals surface area contributed by atoms with Crippen LogP contribution in [-0.2, 0) is 0 Å². The number of benzene rings is 2. The number of fused-ring (bicyclic) bond motifs is 1. The predicted octanol–water partition coefficient (Wildman–Crippen LogP) is 3.72. The molecule has 0 aliphatic carbocycles. The first kappa shape index (κ1) is 12.2. The molecule has 2 heteroatoms. The Morgan fingerprint density at radius 1 is 1.22 bits per heavy atom. The van der Waals surface area contributed by atoms with Crippen LogP contribution in [0, 0.1) is 11.3 Å². The van der Waals surface area contributed by atoms with E-state index in [1.807, 2.05) is 36.4 Å². The summed E-state index contributed by atoms with van der Waals surface area (Å²) in [6.45, 7) is 4.68. The first-order valence-electron chi connectivity index (χ1n) is 6.02. The SMILES string of the molecule is C=CCCN(C)c1ccc(C#N)c2ccccc12. The van der Waals surface area contributed by atoms with Crippen molar-refractivity contribution >= 4 is 16.5 Å². The fraction of sp³-hybridized carbons (Fsp3) is 0.188. The summed E-state index contributed by atoms with van der Waals surface area (Å²) < 4.78 is 0. The van der Waals surface area contributed by atoms with Crippen LogP contribution in [0.15, 0.2) is 49.1 Å². The summed E-state index contributed by atoms with van der Waals surface area (Å²) in [6, 6.07) is 14.2. The highest BCUT2D eigenvalue weighted by molar-refractivity contribution is 5.97. The summed E-state index contributed by atoms with van der Waals surface area (Å²) in [5.74, 6) is 0. The van der Waals surface area contributed by atoms with Crippen LogP contribution >= 0.6 is 0 Å². The van der Waals surface area contributed by atoms with Crippen LogP contribution in [0.2, 0.25) is 0 Å². The van der Waals surface area contributed by atoms with Gasteiger partial charge >= 0.3 is 0 Å². The number of nitrogens with zero attached hydrogens (tertiary/aromatic N) is 2. The Morgan fingerprint density at radius 3 is 2.61 bits per heavy atom. The van der Waals surface area contributed by atoms with Gasteiger partial charge in [-0.15, -0.1) is 6.58 Å². The largest absolute Gasteiger partial charge is 0.374 e. The second kappa shape index (κ2) is 5.37. The van der Waals surface area contributed by atoms with Crippen molar-refractivity contribution in [1.82, 2.24) is 0 Å². The van der Waals surface area contributed by atoms with Crippen molar-refractivity contribution < 1.29 is 0 Å². The Hall–Kier alpha value is -2.27. The highest BCUT2D eigenvalue weighted by atomic mass is 15.1. The van der Waals surface area contributed by atoms with E-state index in [4.69, 9.17) is 5.26 Å². The standard InChI is InChI=1S/C16H16N2/c1-3-4-11-18(2)16-10-9-13(12-17)14-7-5-6-8-15(14)16/h3,5-10H,1,4,11H2,2H3. The fourth-order valence-electron chi connectivity index (χ4n) is 2.12. The van der Waals surface area contributed by atoms with Crippen molar-refractivity contribution in [3.63, 3.8) is 0 Å². The lowest BCUT2D eigenvalue weighted by Crippen LogP contribution is -2.18. The van der Waals surface area contributed by atoms with Crippen LogP contribution in [0.5, 0.6) is 0 Å². The van der Waals surface area contributed by atoms with Gasteiger partial charge < -0.3 is 4.90 Å². The van der Waals surface area contributed by atoms with E-state index in [9.17, 15) is 0 Å². The first-order valence-corrected chi connectivity index (χ1v) is 6.02. The van der Waals surface area contributed by atoms with Crippen molar-refractivity contribution in [2.24, 2.45) is 0 Å². The molecule has 0 amide bonds. The molecule has 0 spiro atoms. The summed E-state index contributed by atoms with van der Waals surface area (Å²) in [4.78, 5) is 2.20. The minimum absolute atomic E-state index is 0.728. The van der Waals surface area contributed by atoms with Gasteiger partial charge in [-0.1, -0.05) is 30.3 Å². The van der Waals surface area contributed by atoms with Crippen molar-refractivity contribution in [1.29, 1.82) is 5.26 Å². The molecule has 0 aliphatic rings. The molecule has 2 aromatic rings. The van der Waals surface area contributed by atoms with Gasteiger partial charge in [-0.3, -0.25) is 0 Å². The monoisotopic (exact) mass is 236 g/mol. The minimum atomic E-state index is 0.728. The van der Waals surface area contributed by atoms with Gasteiger partial charge in [0.2, 0.25) is 0 Å². The highest BCUT2D eigenvalue weighted by Gasteiger charge is 2.08. The van der Waals surface area contributed by atoms with E-state index < -0.39 is 0 Å². The lowest BCUT2D eigenvalue weighted by Gasteiger charge is -2.20. The lowest BCUT2D eigenvalue weighted by molar-refractivity contribution is 0.904. The molecule has 0 heterocycles. The van der Waals surface area contributed by atoms with E-state index >= 15 is 0 Å². The average Bonchev–Trinajstić information content (AvgIpc) is 2.43. The topological polar surface area (TPSA) is 27.0 Å². The molecule has 0 fully saturated rings. The van der Waals surface area contributed by atoms with Crippen molar-refractivity contribution in [2.45, 2.75) is 6.42 Å². The smallest absolute Gasteiger partial charge is 0.0998 e. The highest BCUT2D eigenvalue weighted by Crippen LogP contribution is 2.28. The normalized spacial score (nSPS) is 10.0. The summed E-state index contributed by atoms with van der Waals surface area (Å²) in [7, 11) is 2.07. The molecule has 0 radical (unpaired) electrons. The summed E-state index contributed by atoms with van der Waals surface area (Å²) in [6.07, 6.45) is 2.87. The molecule has 2 rings (SSSR count). The van der Waals surface area contributed by atoms with E-state index in [1.54, 1.807) is 0 Å². The molecular formula is C16H16N2. The van der Waals surface area contributed by atoms with E-state index in [1.165, 1.54) is 0 Å². The van der Waals surface area contributed by atoms with E-state index in [-0.39, 0.29) is 0 Å². The summed E-state index contributed by atoms with van der Waals surface area (Å²) >= 11 is 0. The van der Waals surface area contributed by atoms with Crippen LogP contribution in [0.1, 0.15) is 12.0 Å². The molecule has 0 bridgehead atoms. The molecule has 0 aliphatic heterocycles. The molecule has 0 aromatic heterocycles.